The van der Waals surface area contributed by atoms with Gasteiger partial charge >= 0.3 is 5.97 Å². The van der Waals surface area contributed by atoms with Crippen molar-refractivity contribution >= 4 is 11.5 Å². The molecule has 0 radical (unpaired) electrons. The topological polar surface area (TPSA) is 35.5 Å². The Morgan fingerprint density at radius 3 is 2.18 bits per heavy atom. The van der Waals surface area contributed by atoms with Crippen LogP contribution in [0, 0.1) is 10.8 Å². The van der Waals surface area contributed by atoms with Gasteiger partial charge in [0.25, 0.3) is 0 Å². The van der Waals surface area contributed by atoms with Gasteiger partial charge in [0.1, 0.15) is 5.75 Å². The van der Waals surface area contributed by atoms with E-state index in [0.717, 1.165) is 22.5 Å². The first-order valence-corrected chi connectivity index (χ1v) is 7.51. The number of rotatable bonds is 3. The van der Waals surface area contributed by atoms with Gasteiger partial charge in [-0.1, -0.05) is 43.2 Å². The van der Waals surface area contributed by atoms with Crippen LogP contribution in [0.15, 0.2) is 41.0 Å². The molecule has 116 valence electrons. The molecule has 0 fully saturated rings. The molecular weight excluding hydrogens is 276 g/mol. The highest BCUT2D eigenvalue weighted by molar-refractivity contribution is 6.09. The van der Waals surface area contributed by atoms with E-state index >= 15 is 0 Å². The highest BCUT2D eigenvalue weighted by atomic mass is 16.5. The van der Waals surface area contributed by atoms with Crippen molar-refractivity contribution in [2.45, 2.75) is 27.7 Å². The minimum absolute atomic E-state index is 0.130. The molecule has 1 aromatic rings. The lowest BCUT2D eigenvalue weighted by Gasteiger charge is -2.67. The number of fused-ring (bicyclic) bond motifs is 1. The second kappa shape index (κ2) is 4.48. The average Bonchev–Trinajstić information content (AvgIpc) is 2.55. The van der Waals surface area contributed by atoms with Gasteiger partial charge in [-0.25, -0.2) is 4.79 Å². The van der Waals surface area contributed by atoms with Crippen molar-refractivity contribution in [1.29, 1.82) is 0 Å². The average molecular weight is 298 g/mol. The number of carbonyl (C=O) groups excluding carboxylic acids is 1. The summed E-state index contributed by atoms with van der Waals surface area (Å²) in [5, 5.41) is 0. The molecule has 0 heterocycles. The van der Waals surface area contributed by atoms with Crippen molar-refractivity contribution in [3.8, 4) is 5.75 Å². The van der Waals surface area contributed by atoms with E-state index in [-0.39, 0.29) is 16.8 Å². The van der Waals surface area contributed by atoms with Gasteiger partial charge in [0.2, 0.25) is 0 Å². The van der Waals surface area contributed by atoms with E-state index in [1.54, 1.807) is 7.11 Å². The maximum atomic E-state index is 12.4. The Morgan fingerprint density at radius 1 is 1.00 bits per heavy atom. The molecule has 2 aliphatic rings. The summed E-state index contributed by atoms with van der Waals surface area (Å²) in [6, 6.07) is 7.86. The maximum absolute atomic E-state index is 12.4. The number of ether oxygens (including phenoxy) is 2. The summed E-state index contributed by atoms with van der Waals surface area (Å²) in [7, 11) is 3.10. The molecule has 3 heteroatoms. The zero-order valence-corrected chi connectivity index (χ0v) is 14.0. The first-order chi connectivity index (χ1) is 10.4. The summed E-state index contributed by atoms with van der Waals surface area (Å²) in [6.45, 7) is 8.61. The highest BCUT2D eigenvalue weighted by Gasteiger charge is 2.70. The lowest BCUT2D eigenvalue weighted by Crippen LogP contribution is -2.60. The van der Waals surface area contributed by atoms with E-state index in [1.807, 2.05) is 24.3 Å². The van der Waals surface area contributed by atoms with Gasteiger partial charge < -0.3 is 9.47 Å². The van der Waals surface area contributed by atoms with Crippen LogP contribution in [0.25, 0.3) is 5.57 Å². The molecule has 0 N–H and O–H groups in total. The number of esters is 1. The number of para-hydroxylation sites is 1. The Labute approximate surface area is 131 Å². The number of hydrogen-bond donors (Lipinski definition) is 0. The Hall–Kier alpha value is -2.03. The second-order valence-electron chi connectivity index (χ2n) is 6.44. The molecule has 22 heavy (non-hydrogen) atoms. The van der Waals surface area contributed by atoms with Crippen molar-refractivity contribution in [2.75, 3.05) is 14.2 Å². The molecule has 2 atom stereocenters. The van der Waals surface area contributed by atoms with Gasteiger partial charge in [0.15, 0.2) is 0 Å². The standard InChI is InChI=1S/C19H22O3/c1-11-12(2)19(4)16(17(20)22-6)15(18(11,19)3)13-9-7-8-10-14(13)21-5/h7-10H,1-6H3. The fourth-order valence-corrected chi connectivity index (χ4v) is 4.41. The Morgan fingerprint density at radius 2 is 1.59 bits per heavy atom. The molecule has 3 nitrogen and oxygen atoms in total. The number of hydrogen-bond acceptors (Lipinski definition) is 3. The zero-order valence-electron chi connectivity index (χ0n) is 14.0. The van der Waals surface area contributed by atoms with Crippen LogP contribution in [0.2, 0.25) is 0 Å². The van der Waals surface area contributed by atoms with Crippen molar-refractivity contribution in [3.05, 3.63) is 46.5 Å². The Kier molecular flexibility index (Phi) is 3.03. The maximum Gasteiger partial charge on any atom is 0.335 e. The number of carbonyl (C=O) groups is 1. The first kappa shape index (κ1) is 14.9. The Bertz CT molecular complexity index is 741. The van der Waals surface area contributed by atoms with Gasteiger partial charge in [0.05, 0.1) is 19.8 Å². The van der Waals surface area contributed by atoms with Gasteiger partial charge in [-0.3, -0.25) is 0 Å². The fourth-order valence-electron chi connectivity index (χ4n) is 4.41. The van der Waals surface area contributed by atoms with Gasteiger partial charge in [-0.05, 0) is 25.5 Å². The molecule has 0 amide bonds. The van der Waals surface area contributed by atoms with E-state index in [2.05, 4.69) is 27.7 Å². The number of methoxy groups -OCH3 is 2. The monoisotopic (exact) mass is 298 g/mol. The largest absolute Gasteiger partial charge is 0.496 e. The smallest absolute Gasteiger partial charge is 0.335 e. The highest BCUT2D eigenvalue weighted by Crippen LogP contribution is 2.77. The van der Waals surface area contributed by atoms with Crippen LogP contribution in [-0.4, -0.2) is 20.2 Å². The number of allylic oxidation sites excluding steroid dienone is 3. The molecule has 2 aliphatic carbocycles. The van der Waals surface area contributed by atoms with Crippen LogP contribution < -0.4 is 4.74 Å². The third kappa shape index (κ3) is 1.35. The van der Waals surface area contributed by atoms with Crippen LogP contribution >= 0.6 is 0 Å². The third-order valence-corrected chi connectivity index (χ3v) is 6.08. The van der Waals surface area contributed by atoms with E-state index in [0.29, 0.717) is 0 Å². The lowest BCUT2D eigenvalue weighted by atomic mass is 9.35. The van der Waals surface area contributed by atoms with E-state index in [4.69, 9.17) is 9.47 Å². The lowest BCUT2D eigenvalue weighted by molar-refractivity contribution is -0.138. The predicted octanol–water partition coefficient (Wildman–Crippen LogP) is 4.00. The summed E-state index contributed by atoms with van der Waals surface area (Å²) in [5.74, 6) is 0.548. The molecule has 2 unspecified atom stereocenters. The molecule has 1 aromatic carbocycles. The second-order valence-corrected chi connectivity index (χ2v) is 6.44. The minimum Gasteiger partial charge on any atom is -0.496 e. The van der Waals surface area contributed by atoms with Gasteiger partial charge in [-0.2, -0.15) is 0 Å². The van der Waals surface area contributed by atoms with Crippen LogP contribution in [0.1, 0.15) is 33.3 Å². The van der Waals surface area contributed by atoms with Crippen LogP contribution in [0.4, 0.5) is 0 Å². The zero-order chi connectivity index (χ0) is 16.3. The van der Waals surface area contributed by atoms with Crippen molar-refractivity contribution in [3.63, 3.8) is 0 Å². The molecule has 3 rings (SSSR count). The first-order valence-electron chi connectivity index (χ1n) is 7.51. The van der Waals surface area contributed by atoms with Crippen LogP contribution in [-0.2, 0) is 9.53 Å². The predicted molar refractivity (Wildman–Crippen MR) is 86.5 cm³/mol. The molecule has 0 saturated carbocycles. The normalized spacial score (nSPS) is 29.5. The van der Waals surface area contributed by atoms with E-state index in [9.17, 15) is 4.79 Å². The molecule has 0 saturated heterocycles. The molecular formula is C19H22O3. The molecule has 0 aromatic heterocycles. The van der Waals surface area contributed by atoms with Crippen molar-refractivity contribution in [1.82, 2.24) is 0 Å². The van der Waals surface area contributed by atoms with Crippen LogP contribution in [0.5, 0.6) is 5.75 Å². The third-order valence-electron chi connectivity index (χ3n) is 6.08. The van der Waals surface area contributed by atoms with Crippen molar-refractivity contribution in [2.24, 2.45) is 10.8 Å². The minimum atomic E-state index is -0.243. The van der Waals surface area contributed by atoms with Gasteiger partial charge in [0, 0.05) is 16.4 Å². The molecule has 0 spiro atoms. The Balaban J connectivity index is 2.28. The summed E-state index contributed by atoms with van der Waals surface area (Å²) in [5.41, 5.74) is 5.04. The quantitative estimate of drug-likeness (QED) is 0.625. The van der Waals surface area contributed by atoms with E-state index in [1.165, 1.54) is 18.3 Å². The summed E-state index contributed by atoms with van der Waals surface area (Å²) < 4.78 is 10.6. The van der Waals surface area contributed by atoms with Crippen molar-refractivity contribution < 1.29 is 14.3 Å². The SMILES string of the molecule is COC(=O)C1=C(c2ccccc2OC)C2(C)C(C)=C(C)C12C. The summed E-state index contributed by atoms with van der Waals surface area (Å²) in [6.07, 6.45) is 0. The molecule has 0 aliphatic heterocycles. The fraction of sp³-hybridized carbons (Fsp3) is 0.421. The number of benzene rings is 1. The van der Waals surface area contributed by atoms with E-state index < -0.39 is 0 Å². The summed E-state index contributed by atoms with van der Waals surface area (Å²) >= 11 is 0. The van der Waals surface area contributed by atoms with Crippen LogP contribution in [0.3, 0.4) is 0 Å². The summed E-state index contributed by atoms with van der Waals surface area (Å²) in [4.78, 5) is 12.4. The molecule has 0 bridgehead atoms. The van der Waals surface area contributed by atoms with Gasteiger partial charge in [-0.15, -0.1) is 0 Å².